The molecule has 3 nitrogen and oxygen atoms in total. The van der Waals surface area contributed by atoms with Crippen molar-refractivity contribution in [2.75, 3.05) is 0 Å². The Kier molecular flexibility index (Phi) is 3.05. The van der Waals surface area contributed by atoms with Gasteiger partial charge in [-0.1, -0.05) is 6.07 Å². The third kappa shape index (κ3) is 2.00. The van der Waals surface area contributed by atoms with Crippen LogP contribution in [0.1, 0.15) is 35.6 Å². The standard InChI is InChI=1S/C16H18N2OS/c1-9-5-6-15-14(7-9)17-16(20)18(15)11(3)13-8-10(2)19-12(13)4/h5-8,11H,1-4H3,(H,17,20). The third-order valence-electron chi connectivity index (χ3n) is 3.79. The Morgan fingerprint density at radius 3 is 2.60 bits per heavy atom. The van der Waals surface area contributed by atoms with Gasteiger partial charge in [-0.2, -0.15) is 0 Å². The summed E-state index contributed by atoms with van der Waals surface area (Å²) >= 11 is 5.50. The van der Waals surface area contributed by atoms with E-state index >= 15 is 0 Å². The summed E-state index contributed by atoms with van der Waals surface area (Å²) in [5.74, 6) is 1.89. The van der Waals surface area contributed by atoms with Gasteiger partial charge >= 0.3 is 0 Å². The minimum Gasteiger partial charge on any atom is -0.466 e. The quantitative estimate of drug-likeness (QED) is 0.685. The van der Waals surface area contributed by atoms with E-state index in [9.17, 15) is 0 Å². The highest BCUT2D eigenvalue weighted by Gasteiger charge is 2.17. The molecule has 0 saturated heterocycles. The van der Waals surface area contributed by atoms with Crippen molar-refractivity contribution < 1.29 is 4.42 Å². The minimum absolute atomic E-state index is 0.149. The highest BCUT2D eigenvalue weighted by Crippen LogP contribution is 2.28. The van der Waals surface area contributed by atoms with E-state index in [1.54, 1.807) is 0 Å². The number of nitrogens with zero attached hydrogens (tertiary/aromatic N) is 1. The van der Waals surface area contributed by atoms with Crippen molar-refractivity contribution in [3.63, 3.8) is 0 Å². The molecule has 1 atom stereocenters. The molecule has 0 aliphatic rings. The lowest BCUT2D eigenvalue weighted by Gasteiger charge is -2.14. The first kappa shape index (κ1) is 13.2. The zero-order valence-corrected chi connectivity index (χ0v) is 13.0. The number of hydrogen-bond donors (Lipinski definition) is 1. The molecule has 104 valence electrons. The van der Waals surface area contributed by atoms with Crippen molar-refractivity contribution in [1.29, 1.82) is 0 Å². The molecule has 0 fully saturated rings. The molecule has 1 unspecified atom stereocenters. The second-order valence-corrected chi connectivity index (χ2v) is 5.75. The molecule has 0 aliphatic heterocycles. The molecule has 0 radical (unpaired) electrons. The predicted octanol–water partition coefficient (Wildman–Crippen LogP) is 4.83. The maximum atomic E-state index is 5.65. The van der Waals surface area contributed by atoms with E-state index < -0.39 is 0 Å². The molecule has 1 N–H and O–H groups in total. The van der Waals surface area contributed by atoms with E-state index in [1.165, 1.54) is 11.1 Å². The topological polar surface area (TPSA) is 33.9 Å². The van der Waals surface area contributed by atoms with Gasteiger partial charge in [-0.3, -0.25) is 0 Å². The molecule has 3 rings (SSSR count). The monoisotopic (exact) mass is 286 g/mol. The Morgan fingerprint density at radius 1 is 1.20 bits per heavy atom. The summed E-state index contributed by atoms with van der Waals surface area (Å²) in [5.41, 5.74) is 4.62. The summed E-state index contributed by atoms with van der Waals surface area (Å²) in [6, 6.07) is 8.60. The fourth-order valence-corrected chi connectivity index (χ4v) is 3.20. The number of fused-ring (bicyclic) bond motifs is 1. The molecule has 2 aromatic heterocycles. The van der Waals surface area contributed by atoms with Gasteiger partial charge in [0.15, 0.2) is 4.77 Å². The summed E-state index contributed by atoms with van der Waals surface area (Å²) in [7, 11) is 0. The molecule has 0 bridgehead atoms. The number of imidazole rings is 1. The summed E-state index contributed by atoms with van der Waals surface area (Å²) in [5, 5.41) is 0. The van der Waals surface area contributed by atoms with Crippen LogP contribution in [0.3, 0.4) is 0 Å². The average molecular weight is 286 g/mol. The lowest BCUT2D eigenvalue weighted by molar-refractivity contribution is 0.495. The summed E-state index contributed by atoms with van der Waals surface area (Å²) < 4.78 is 8.55. The normalized spacial score (nSPS) is 13.0. The van der Waals surface area contributed by atoms with E-state index in [0.717, 1.165) is 27.3 Å². The van der Waals surface area contributed by atoms with Crippen LogP contribution in [0.15, 0.2) is 28.7 Å². The number of nitrogens with one attached hydrogen (secondary N) is 1. The average Bonchev–Trinajstić information content (AvgIpc) is 2.87. The number of aromatic amines is 1. The van der Waals surface area contributed by atoms with Crippen LogP contribution >= 0.6 is 12.2 Å². The fourth-order valence-electron chi connectivity index (χ4n) is 2.83. The van der Waals surface area contributed by atoms with Crippen LogP contribution < -0.4 is 0 Å². The number of H-pyrrole nitrogens is 1. The van der Waals surface area contributed by atoms with E-state index in [-0.39, 0.29) is 6.04 Å². The molecule has 1 aromatic carbocycles. The smallest absolute Gasteiger partial charge is 0.178 e. The van der Waals surface area contributed by atoms with Gasteiger partial charge in [0.25, 0.3) is 0 Å². The highest BCUT2D eigenvalue weighted by atomic mass is 32.1. The Balaban J connectivity index is 2.21. The number of furan rings is 1. The molecule has 0 aliphatic carbocycles. The van der Waals surface area contributed by atoms with Crippen molar-refractivity contribution in [2.45, 2.75) is 33.7 Å². The summed E-state index contributed by atoms with van der Waals surface area (Å²) in [4.78, 5) is 3.29. The number of rotatable bonds is 2. The van der Waals surface area contributed by atoms with Crippen molar-refractivity contribution in [3.8, 4) is 0 Å². The molecular weight excluding hydrogens is 268 g/mol. The van der Waals surface area contributed by atoms with Crippen LogP contribution in [0.2, 0.25) is 0 Å². The number of hydrogen-bond acceptors (Lipinski definition) is 2. The van der Waals surface area contributed by atoms with Crippen LogP contribution in [-0.2, 0) is 0 Å². The largest absolute Gasteiger partial charge is 0.466 e. The van der Waals surface area contributed by atoms with Crippen LogP contribution in [0.5, 0.6) is 0 Å². The molecule has 4 heteroatoms. The number of aromatic nitrogens is 2. The molecule has 0 saturated carbocycles. The maximum absolute atomic E-state index is 5.65. The third-order valence-corrected chi connectivity index (χ3v) is 4.09. The van der Waals surface area contributed by atoms with E-state index in [4.69, 9.17) is 16.6 Å². The predicted molar refractivity (Wildman–Crippen MR) is 83.9 cm³/mol. The van der Waals surface area contributed by atoms with Gasteiger partial charge in [0.2, 0.25) is 0 Å². The van der Waals surface area contributed by atoms with E-state index in [2.05, 4.69) is 47.7 Å². The van der Waals surface area contributed by atoms with Crippen LogP contribution in [0.25, 0.3) is 11.0 Å². The van der Waals surface area contributed by atoms with Gasteiger partial charge in [-0.25, -0.2) is 0 Å². The Morgan fingerprint density at radius 2 is 1.95 bits per heavy atom. The first-order chi connectivity index (χ1) is 9.47. The Hall–Kier alpha value is -1.81. The lowest BCUT2D eigenvalue weighted by atomic mass is 10.1. The first-order valence-electron chi connectivity index (χ1n) is 6.75. The van der Waals surface area contributed by atoms with Crippen molar-refractivity contribution in [3.05, 3.63) is 51.7 Å². The lowest BCUT2D eigenvalue weighted by Crippen LogP contribution is -2.07. The van der Waals surface area contributed by atoms with Gasteiger partial charge in [-0.15, -0.1) is 0 Å². The van der Waals surface area contributed by atoms with E-state index in [0.29, 0.717) is 0 Å². The van der Waals surface area contributed by atoms with Crippen molar-refractivity contribution in [1.82, 2.24) is 9.55 Å². The fraction of sp³-hybridized carbons (Fsp3) is 0.312. The summed E-state index contributed by atoms with van der Waals surface area (Å²) in [6.07, 6.45) is 0. The van der Waals surface area contributed by atoms with E-state index in [1.807, 2.05) is 13.8 Å². The van der Waals surface area contributed by atoms with Crippen molar-refractivity contribution >= 4 is 23.3 Å². The van der Waals surface area contributed by atoms with Gasteiger partial charge < -0.3 is 14.0 Å². The second kappa shape index (κ2) is 4.63. The second-order valence-electron chi connectivity index (χ2n) is 5.37. The molecule has 2 heterocycles. The number of aryl methyl sites for hydroxylation is 3. The Labute approximate surface area is 123 Å². The molecule has 3 aromatic rings. The van der Waals surface area contributed by atoms with Crippen LogP contribution in [0, 0.1) is 25.5 Å². The molecule has 20 heavy (non-hydrogen) atoms. The SMILES string of the molecule is Cc1ccc2c(c1)[nH]c(=S)n2C(C)c1cc(C)oc1C. The minimum atomic E-state index is 0.149. The molecular formula is C16H18N2OS. The van der Waals surface area contributed by atoms with Gasteiger partial charge in [0.05, 0.1) is 17.1 Å². The maximum Gasteiger partial charge on any atom is 0.178 e. The van der Waals surface area contributed by atoms with Gasteiger partial charge in [0, 0.05) is 5.56 Å². The molecule has 0 amide bonds. The Bertz CT molecular complexity index is 838. The zero-order chi connectivity index (χ0) is 14.4. The highest BCUT2D eigenvalue weighted by molar-refractivity contribution is 7.71. The van der Waals surface area contributed by atoms with Crippen LogP contribution in [0.4, 0.5) is 0 Å². The first-order valence-corrected chi connectivity index (χ1v) is 7.16. The van der Waals surface area contributed by atoms with Crippen molar-refractivity contribution in [2.24, 2.45) is 0 Å². The van der Waals surface area contributed by atoms with Gasteiger partial charge in [-0.05, 0) is 63.7 Å². The summed E-state index contributed by atoms with van der Waals surface area (Å²) in [6.45, 7) is 8.21. The van der Waals surface area contributed by atoms with Gasteiger partial charge in [0.1, 0.15) is 11.5 Å². The molecule has 0 spiro atoms. The van der Waals surface area contributed by atoms with Crippen LogP contribution in [-0.4, -0.2) is 9.55 Å². The zero-order valence-electron chi connectivity index (χ0n) is 12.2. The number of benzene rings is 1.